The molecule has 0 spiro atoms. The summed E-state index contributed by atoms with van der Waals surface area (Å²) < 4.78 is 0. The second-order valence-corrected chi connectivity index (χ2v) is 7.70. The molecular formula is C23H30N2. The van der Waals surface area contributed by atoms with Gasteiger partial charge in [0.05, 0.1) is 12.0 Å². The van der Waals surface area contributed by atoms with Gasteiger partial charge in [-0.2, -0.15) is 0 Å². The summed E-state index contributed by atoms with van der Waals surface area (Å²) in [4.78, 5) is 7.15. The lowest BCUT2D eigenvalue weighted by Gasteiger charge is -2.23. The van der Waals surface area contributed by atoms with Crippen molar-refractivity contribution in [2.75, 3.05) is 6.54 Å². The van der Waals surface area contributed by atoms with Crippen LogP contribution in [0.25, 0.3) is 0 Å². The minimum atomic E-state index is 0.504. The molecule has 1 aliphatic carbocycles. The summed E-state index contributed by atoms with van der Waals surface area (Å²) in [7, 11) is 0. The molecule has 2 heteroatoms. The van der Waals surface area contributed by atoms with Gasteiger partial charge in [0.25, 0.3) is 0 Å². The zero-order valence-corrected chi connectivity index (χ0v) is 16.0. The van der Waals surface area contributed by atoms with Crippen molar-refractivity contribution in [2.24, 2.45) is 10.9 Å². The Bertz CT molecular complexity index is 704. The van der Waals surface area contributed by atoms with Gasteiger partial charge >= 0.3 is 0 Å². The highest BCUT2D eigenvalue weighted by Gasteiger charge is 2.24. The minimum absolute atomic E-state index is 0.504. The monoisotopic (exact) mass is 334 g/mol. The number of rotatable bonds is 7. The minimum Gasteiger partial charge on any atom is -0.360 e. The Hall–Kier alpha value is -2.09. The van der Waals surface area contributed by atoms with Gasteiger partial charge in [0, 0.05) is 12.6 Å². The van der Waals surface area contributed by atoms with Crippen LogP contribution in [0.3, 0.4) is 0 Å². The third-order valence-corrected chi connectivity index (χ3v) is 5.09. The van der Waals surface area contributed by atoms with E-state index < -0.39 is 0 Å². The Morgan fingerprint density at radius 3 is 2.28 bits per heavy atom. The van der Waals surface area contributed by atoms with E-state index in [4.69, 9.17) is 4.99 Å². The molecule has 1 fully saturated rings. The van der Waals surface area contributed by atoms with E-state index in [1.165, 1.54) is 35.1 Å². The molecule has 2 aromatic carbocycles. The average molecular weight is 335 g/mol. The highest BCUT2D eigenvalue weighted by atomic mass is 15.2. The first-order valence-electron chi connectivity index (χ1n) is 9.47. The van der Waals surface area contributed by atoms with Gasteiger partial charge in [-0.25, -0.2) is 4.99 Å². The normalized spacial score (nSPS) is 14.4. The second kappa shape index (κ2) is 7.86. The van der Waals surface area contributed by atoms with Gasteiger partial charge in [0.2, 0.25) is 0 Å². The Kier molecular flexibility index (Phi) is 5.57. The fraction of sp³-hybridized carbons (Fsp3) is 0.435. The number of nitrogens with zero attached hydrogens (tertiary/aromatic N) is 2. The fourth-order valence-corrected chi connectivity index (χ4v) is 3.25. The van der Waals surface area contributed by atoms with Gasteiger partial charge in [-0.05, 0) is 87.3 Å². The summed E-state index contributed by atoms with van der Waals surface area (Å²) in [5.74, 6) is 0.880. The van der Waals surface area contributed by atoms with Gasteiger partial charge < -0.3 is 4.90 Å². The van der Waals surface area contributed by atoms with Crippen LogP contribution in [-0.4, -0.2) is 23.8 Å². The second-order valence-electron chi connectivity index (χ2n) is 7.70. The molecule has 0 unspecified atom stereocenters. The summed E-state index contributed by atoms with van der Waals surface area (Å²) in [6, 6.07) is 15.6. The Balaban J connectivity index is 1.75. The molecule has 3 rings (SSSR count). The Morgan fingerprint density at radius 1 is 1.08 bits per heavy atom. The summed E-state index contributed by atoms with van der Waals surface area (Å²) in [6.07, 6.45) is 5.79. The van der Waals surface area contributed by atoms with Crippen LogP contribution in [0.5, 0.6) is 0 Å². The van der Waals surface area contributed by atoms with E-state index in [1.807, 2.05) is 6.34 Å². The van der Waals surface area contributed by atoms with Crippen molar-refractivity contribution in [1.29, 1.82) is 0 Å². The first-order chi connectivity index (χ1) is 12.0. The lowest BCUT2D eigenvalue weighted by atomic mass is 9.95. The number of hydrogen-bond donors (Lipinski definition) is 0. The quantitative estimate of drug-likeness (QED) is 0.470. The van der Waals surface area contributed by atoms with Crippen LogP contribution in [0.4, 0.5) is 5.69 Å². The van der Waals surface area contributed by atoms with Crippen molar-refractivity contribution >= 4 is 12.0 Å². The number of hydrogen-bond acceptors (Lipinski definition) is 1. The zero-order valence-electron chi connectivity index (χ0n) is 16.0. The van der Waals surface area contributed by atoms with Crippen LogP contribution >= 0.6 is 0 Å². The topological polar surface area (TPSA) is 15.6 Å². The molecule has 132 valence electrons. The smallest absolute Gasteiger partial charge is 0.0914 e. The summed E-state index contributed by atoms with van der Waals surface area (Å²) in [6.45, 7) is 10.0. The summed E-state index contributed by atoms with van der Waals surface area (Å²) in [5, 5.41) is 0. The molecule has 0 aliphatic heterocycles. The molecular weight excluding hydrogens is 304 g/mol. The number of aliphatic imine (C=N–C) groups is 1. The van der Waals surface area contributed by atoms with Crippen LogP contribution in [0, 0.1) is 19.8 Å². The molecule has 0 N–H and O–H groups in total. The predicted molar refractivity (Wildman–Crippen MR) is 108 cm³/mol. The molecule has 0 heterocycles. The summed E-state index contributed by atoms with van der Waals surface area (Å²) >= 11 is 0. The summed E-state index contributed by atoms with van der Waals surface area (Å²) in [5.41, 5.74) is 6.50. The molecule has 0 amide bonds. The molecule has 2 aromatic rings. The van der Waals surface area contributed by atoms with Crippen molar-refractivity contribution < 1.29 is 0 Å². The zero-order chi connectivity index (χ0) is 17.8. The molecule has 2 nitrogen and oxygen atoms in total. The lowest BCUT2D eigenvalue weighted by molar-refractivity contribution is 0.346. The van der Waals surface area contributed by atoms with Crippen LogP contribution in [0.15, 0.2) is 47.5 Å². The highest BCUT2D eigenvalue weighted by molar-refractivity contribution is 5.63. The standard InChI is InChI=1S/C23H30N2/c1-17(2)25(15-21-10-11-21)16-24-22-12-18(3)23(19(4)13-22)14-20-8-6-5-7-9-20/h5-9,12-13,16-17,21H,10-11,14-15H2,1-4H3. The van der Waals surface area contributed by atoms with E-state index in [2.05, 4.69) is 75.1 Å². The maximum absolute atomic E-state index is 4.78. The van der Waals surface area contributed by atoms with Gasteiger partial charge in [-0.15, -0.1) is 0 Å². The molecule has 0 aromatic heterocycles. The van der Waals surface area contributed by atoms with Crippen LogP contribution < -0.4 is 0 Å². The molecule has 1 aliphatic rings. The van der Waals surface area contributed by atoms with E-state index in [-0.39, 0.29) is 0 Å². The number of benzene rings is 2. The van der Waals surface area contributed by atoms with Crippen LogP contribution in [0.2, 0.25) is 0 Å². The average Bonchev–Trinajstić information content (AvgIpc) is 3.39. The first kappa shape index (κ1) is 17.7. The molecule has 0 atom stereocenters. The first-order valence-corrected chi connectivity index (χ1v) is 9.47. The van der Waals surface area contributed by atoms with Crippen molar-refractivity contribution in [1.82, 2.24) is 4.90 Å². The van der Waals surface area contributed by atoms with E-state index in [0.29, 0.717) is 6.04 Å². The molecule has 0 saturated heterocycles. The van der Waals surface area contributed by atoms with E-state index in [0.717, 1.165) is 24.6 Å². The molecule has 25 heavy (non-hydrogen) atoms. The van der Waals surface area contributed by atoms with E-state index >= 15 is 0 Å². The molecule has 1 saturated carbocycles. The fourth-order valence-electron chi connectivity index (χ4n) is 3.25. The number of aryl methyl sites for hydroxylation is 2. The third kappa shape index (κ3) is 4.94. The van der Waals surface area contributed by atoms with Crippen LogP contribution in [0.1, 0.15) is 48.9 Å². The predicted octanol–water partition coefficient (Wildman–Crippen LogP) is 5.67. The largest absolute Gasteiger partial charge is 0.360 e. The van der Waals surface area contributed by atoms with Crippen LogP contribution in [-0.2, 0) is 6.42 Å². The van der Waals surface area contributed by atoms with Crippen molar-refractivity contribution in [2.45, 2.75) is 53.0 Å². The lowest BCUT2D eigenvalue weighted by Crippen LogP contribution is -2.31. The highest BCUT2D eigenvalue weighted by Crippen LogP contribution is 2.30. The molecule has 0 bridgehead atoms. The van der Waals surface area contributed by atoms with Gasteiger partial charge in [0.15, 0.2) is 0 Å². The third-order valence-electron chi connectivity index (χ3n) is 5.09. The van der Waals surface area contributed by atoms with E-state index in [9.17, 15) is 0 Å². The van der Waals surface area contributed by atoms with Gasteiger partial charge in [-0.3, -0.25) is 0 Å². The van der Waals surface area contributed by atoms with E-state index in [1.54, 1.807) is 0 Å². The van der Waals surface area contributed by atoms with Gasteiger partial charge in [-0.1, -0.05) is 30.3 Å². The van der Waals surface area contributed by atoms with Gasteiger partial charge in [0.1, 0.15) is 0 Å². The SMILES string of the molecule is Cc1cc(N=CN(CC2CC2)C(C)C)cc(C)c1Cc1ccccc1. The maximum Gasteiger partial charge on any atom is 0.0914 e. The Labute approximate surface area is 152 Å². The van der Waals surface area contributed by atoms with Crippen molar-refractivity contribution in [3.8, 4) is 0 Å². The van der Waals surface area contributed by atoms with Crippen molar-refractivity contribution in [3.63, 3.8) is 0 Å². The Morgan fingerprint density at radius 2 is 1.72 bits per heavy atom. The van der Waals surface area contributed by atoms with Crippen molar-refractivity contribution in [3.05, 3.63) is 64.7 Å². The molecule has 0 radical (unpaired) electrons. The maximum atomic E-state index is 4.78.